The van der Waals surface area contributed by atoms with Crippen LogP contribution < -0.4 is 5.73 Å². The highest BCUT2D eigenvalue weighted by atomic mass is 16.5. The molecular weight excluding hydrogens is 156 g/mol. The van der Waals surface area contributed by atoms with Gasteiger partial charge in [0, 0.05) is 24.6 Å². The topological polar surface area (TPSA) is 76.1 Å². The van der Waals surface area contributed by atoms with Gasteiger partial charge in [-0.25, -0.2) is 4.79 Å². The van der Waals surface area contributed by atoms with Gasteiger partial charge in [-0.3, -0.25) is 0 Å². The number of ether oxygens (including phenoxy) is 1. The third kappa shape index (κ3) is 5.30. The molecule has 0 radical (unpaired) electrons. The number of nitriles is 1. The monoisotopic (exact) mass is 168 g/mol. The minimum absolute atomic E-state index is 0.321. The standard InChI is InChI=1S/C8H12N2O2/c1-2-12-8(11)6-7(10)4-3-5-9/h6H,2-4,10H2,1H3/b7-6-. The summed E-state index contributed by atoms with van der Waals surface area (Å²) in [5.41, 5.74) is 5.78. The lowest BCUT2D eigenvalue weighted by Crippen LogP contribution is -2.05. The molecule has 0 bridgehead atoms. The zero-order chi connectivity index (χ0) is 9.40. The summed E-state index contributed by atoms with van der Waals surface area (Å²) in [6, 6.07) is 1.93. The molecule has 0 aromatic rings. The molecule has 0 fully saturated rings. The number of hydrogen-bond acceptors (Lipinski definition) is 4. The zero-order valence-electron chi connectivity index (χ0n) is 7.04. The minimum atomic E-state index is -0.451. The van der Waals surface area contributed by atoms with E-state index in [1.165, 1.54) is 6.08 Å². The number of carbonyl (C=O) groups excluding carboxylic acids is 1. The molecule has 0 saturated carbocycles. The normalized spacial score (nSPS) is 10.5. The van der Waals surface area contributed by atoms with E-state index >= 15 is 0 Å². The Morgan fingerprint density at radius 1 is 1.75 bits per heavy atom. The largest absolute Gasteiger partial charge is 0.463 e. The van der Waals surface area contributed by atoms with E-state index in [4.69, 9.17) is 11.0 Å². The summed E-state index contributed by atoms with van der Waals surface area (Å²) in [5.74, 6) is -0.451. The van der Waals surface area contributed by atoms with Crippen LogP contribution in [0.4, 0.5) is 0 Å². The molecular formula is C8H12N2O2. The highest BCUT2D eigenvalue weighted by molar-refractivity contribution is 5.82. The van der Waals surface area contributed by atoms with Crippen molar-refractivity contribution < 1.29 is 9.53 Å². The number of carbonyl (C=O) groups is 1. The number of allylic oxidation sites excluding steroid dienone is 1. The van der Waals surface area contributed by atoms with Crippen molar-refractivity contribution in [1.29, 1.82) is 5.26 Å². The first-order valence-corrected chi connectivity index (χ1v) is 3.70. The summed E-state index contributed by atoms with van der Waals surface area (Å²) < 4.78 is 4.61. The van der Waals surface area contributed by atoms with Gasteiger partial charge in [-0.2, -0.15) is 5.26 Å². The molecule has 0 unspecified atom stereocenters. The summed E-state index contributed by atoms with van der Waals surface area (Å²) in [6.07, 6.45) is 1.94. The Balaban J connectivity index is 3.82. The summed E-state index contributed by atoms with van der Waals surface area (Å²) in [5, 5.41) is 8.20. The van der Waals surface area contributed by atoms with Crippen molar-refractivity contribution in [2.24, 2.45) is 5.73 Å². The number of esters is 1. The Morgan fingerprint density at radius 3 is 2.92 bits per heavy atom. The van der Waals surface area contributed by atoms with Crippen LogP contribution in [0.25, 0.3) is 0 Å². The van der Waals surface area contributed by atoms with Crippen LogP contribution in [-0.2, 0) is 9.53 Å². The minimum Gasteiger partial charge on any atom is -0.463 e. The van der Waals surface area contributed by atoms with Crippen molar-refractivity contribution in [2.75, 3.05) is 6.61 Å². The average molecular weight is 168 g/mol. The lowest BCUT2D eigenvalue weighted by molar-refractivity contribution is -0.137. The predicted molar refractivity (Wildman–Crippen MR) is 43.8 cm³/mol. The fourth-order valence-corrected chi connectivity index (χ4v) is 0.608. The third-order valence-corrected chi connectivity index (χ3v) is 1.12. The van der Waals surface area contributed by atoms with Gasteiger partial charge in [-0.1, -0.05) is 0 Å². The van der Waals surface area contributed by atoms with Crippen LogP contribution in [0.3, 0.4) is 0 Å². The van der Waals surface area contributed by atoms with Crippen molar-refractivity contribution in [3.8, 4) is 6.07 Å². The van der Waals surface area contributed by atoms with E-state index in [0.717, 1.165) is 0 Å². The first-order chi connectivity index (χ1) is 5.70. The maximum absolute atomic E-state index is 10.8. The molecule has 0 atom stereocenters. The number of nitrogens with two attached hydrogens (primary N) is 1. The molecule has 4 heteroatoms. The van der Waals surface area contributed by atoms with Gasteiger partial charge in [0.2, 0.25) is 0 Å². The molecule has 0 spiro atoms. The summed E-state index contributed by atoms with van der Waals surface area (Å²) in [7, 11) is 0. The van der Waals surface area contributed by atoms with Crippen LogP contribution in [0.2, 0.25) is 0 Å². The van der Waals surface area contributed by atoms with E-state index < -0.39 is 5.97 Å². The molecule has 66 valence electrons. The van der Waals surface area contributed by atoms with Crippen LogP contribution >= 0.6 is 0 Å². The maximum Gasteiger partial charge on any atom is 0.332 e. The van der Waals surface area contributed by atoms with Crippen molar-refractivity contribution in [3.05, 3.63) is 11.8 Å². The maximum atomic E-state index is 10.8. The molecule has 0 saturated heterocycles. The van der Waals surface area contributed by atoms with Gasteiger partial charge in [0.15, 0.2) is 0 Å². The first-order valence-electron chi connectivity index (χ1n) is 3.70. The van der Waals surface area contributed by atoms with Crippen LogP contribution in [0.15, 0.2) is 11.8 Å². The molecule has 4 nitrogen and oxygen atoms in total. The van der Waals surface area contributed by atoms with Crippen LogP contribution in [-0.4, -0.2) is 12.6 Å². The molecule has 0 aliphatic carbocycles. The van der Waals surface area contributed by atoms with Crippen LogP contribution in [0.1, 0.15) is 19.8 Å². The number of hydrogen-bond donors (Lipinski definition) is 1. The molecule has 0 rings (SSSR count). The van der Waals surface area contributed by atoms with Crippen LogP contribution in [0, 0.1) is 11.3 Å². The van der Waals surface area contributed by atoms with Gasteiger partial charge < -0.3 is 10.5 Å². The molecule has 0 heterocycles. The number of nitrogens with zero attached hydrogens (tertiary/aromatic N) is 1. The van der Waals surface area contributed by atoms with Crippen molar-refractivity contribution in [2.45, 2.75) is 19.8 Å². The second-order valence-electron chi connectivity index (χ2n) is 2.13. The van der Waals surface area contributed by atoms with Gasteiger partial charge in [0.05, 0.1) is 12.7 Å². The quantitative estimate of drug-likeness (QED) is 0.495. The average Bonchev–Trinajstić information content (AvgIpc) is 2.01. The molecule has 0 aromatic carbocycles. The Hall–Kier alpha value is -1.50. The predicted octanol–water partition coefficient (Wildman–Crippen LogP) is 0.696. The smallest absolute Gasteiger partial charge is 0.332 e. The lowest BCUT2D eigenvalue weighted by atomic mass is 10.2. The van der Waals surface area contributed by atoms with Crippen molar-refractivity contribution in [3.63, 3.8) is 0 Å². The molecule has 0 aromatic heterocycles. The van der Waals surface area contributed by atoms with E-state index in [1.807, 2.05) is 6.07 Å². The lowest BCUT2D eigenvalue weighted by Gasteiger charge is -1.97. The molecule has 2 N–H and O–H groups in total. The molecule has 12 heavy (non-hydrogen) atoms. The summed E-state index contributed by atoms with van der Waals surface area (Å²) in [6.45, 7) is 2.05. The van der Waals surface area contributed by atoms with Gasteiger partial charge in [0.1, 0.15) is 0 Å². The van der Waals surface area contributed by atoms with E-state index in [9.17, 15) is 4.79 Å². The first kappa shape index (κ1) is 10.5. The fourth-order valence-electron chi connectivity index (χ4n) is 0.608. The van der Waals surface area contributed by atoms with E-state index in [0.29, 0.717) is 25.1 Å². The SMILES string of the molecule is CCOC(=O)/C=C(\N)CCC#N. The van der Waals surface area contributed by atoms with Crippen molar-refractivity contribution in [1.82, 2.24) is 0 Å². The van der Waals surface area contributed by atoms with Gasteiger partial charge in [-0.15, -0.1) is 0 Å². The van der Waals surface area contributed by atoms with E-state index in [-0.39, 0.29) is 0 Å². The van der Waals surface area contributed by atoms with Crippen molar-refractivity contribution >= 4 is 5.97 Å². The second kappa shape index (κ2) is 6.23. The highest BCUT2D eigenvalue weighted by Crippen LogP contribution is 1.96. The molecule has 0 aliphatic rings. The van der Waals surface area contributed by atoms with Gasteiger partial charge in [0.25, 0.3) is 0 Å². The van der Waals surface area contributed by atoms with Gasteiger partial charge in [-0.05, 0) is 6.92 Å². The Morgan fingerprint density at radius 2 is 2.42 bits per heavy atom. The number of rotatable bonds is 4. The molecule has 0 aliphatic heterocycles. The summed E-state index contributed by atoms with van der Waals surface area (Å²) in [4.78, 5) is 10.8. The highest BCUT2D eigenvalue weighted by Gasteiger charge is 1.97. The van der Waals surface area contributed by atoms with Crippen LogP contribution in [0.5, 0.6) is 0 Å². The molecule has 0 amide bonds. The Kier molecular flexibility index (Phi) is 5.45. The zero-order valence-corrected chi connectivity index (χ0v) is 7.04. The van der Waals surface area contributed by atoms with Gasteiger partial charge >= 0.3 is 5.97 Å². The third-order valence-electron chi connectivity index (χ3n) is 1.12. The Labute approximate surface area is 71.6 Å². The van der Waals surface area contributed by atoms with E-state index in [1.54, 1.807) is 6.92 Å². The Bertz CT molecular complexity index is 216. The summed E-state index contributed by atoms with van der Waals surface area (Å²) >= 11 is 0. The second-order valence-corrected chi connectivity index (χ2v) is 2.13. The van der Waals surface area contributed by atoms with E-state index in [2.05, 4.69) is 4.74 Å². The fraction of sp³-hybridized carbons (Fsp3) is 0.500.